The first kappa shape index (κ1) is 33.3. The molecule has 11 nitrogen and oxygen atoms in total. The number of thiazole rings is 1. The molecule has 2 aliphatic carbocycles. The van der Waals surface area contributed by atoms with Gasteiger partial charge in [0.05, 0.1) is 41.3 Å². The summed E-state index contributed by atoms with van der Waals surface area (Å²) in [6.45, 7) is 3.94. The summed E-state index contributed by atoms with van der Waals surface area (Å²) in [6, 6.07) is 21.2. The van der Waals surface area contributed by atoms with Crippen LogP contribution in [0, 0.1) is 29.6 Å². The highest BCUT2D eigenvalue weighted by Crippen LogP contribution is 2.68. The summed E-state index contributed by atoms with van der Waals surface area (Å²) in [7, 11) is 0. The van der Waals surface area contributed by atoms with Crippen molar-refractivity contribution in [3.05, 3.63) is 98.5 Å². The summed E-state index contributed by atoms with van der Waals surface area (Å²) in [4.78, 5) is 70.6. The van der Waals surface area contributed by atoms with Gasteiger partial charge >= 0.3 is 10.8 Å². The predicted octanol–water partition coefficient (Wildman–Crippen LogP) is 5.71. The fourth-order valence-corrected chi connectivity index (χ4v) is 11.5. The maximum atomic E-state index is 14.0. The van der Waals surface area contributed by atoms with Crippen molar-refractivity contribution in [1.82, 2.24) is 4.98 Å². The number of esters is 1. The van der Waals surface area contributed by atoms with Gasteiger partial charge in [0, 0.05) is 21.7 Å². The van der Waals surface area contributed by atoms with Crippen LogP contribution in [0.1, 0.15) is 47.0 Å². The van der Waals surface area contributed by atoms with Crippen LogP contribution in [0.3, 0.4) is 0 Å². The Labute approximate surface area is 301 Å². The van der Waals surface area contributed by atoms with Crippen LogP contribution in [0.15, 0.2) is 82.6 Å². The maximum Gasteiger partial charge on any atom is 0.338 e. The third-order valence-electron chi connectivity index (χ3n) is 10.4. The summed E-state index contributed by atoms with van der Waals surface area (Å²) in [5.41, 5.74) is 2.42. The molecule has 262 valence electrons. The topological polar surface area (TPSA) is 144 Å². The summed E-state index contributed by atoms with van der Waals surface area (Å²) in [6.07, 6.45) is 0.785. The number of aromatic nitrogens is 1. The Bertz CT molecular complexity index is 2080. The van der Waals surface area contributed by atoms with E-state index in [-0.39, 0.29) is 64.7 Å². The van der Waals surface area contributed by atoms with Crippen LogP contribution in [0.4, 0.5) is 11.4 Å². The molecule has 3 fully saturated rings. The van der Waals surface area contributed by atoms with E-state index < -0.39 is 17.8 Å². The summed E-state index contributed by atoms with van der Waals surface area (Å²) < 4.78 is 17.0. The largest absolute Gasteiger partial charge is 0.490 e. The van der Waals surface area contributed by atoms with Crippen molar-refractivity contribution in [3.8, 4) is 11.5 Å². The van der Waals surface area contributed by atoms with Crippen LogP contribution >= 0.6 is 23.1 Å². The van der Waals surface area contributed by atoms with Gasteiger partial charge in [-0.05, 0) is 92.1 Å². The van der Waals surface area contributed by atoms with Crippen molar-refractivity contribution in [2.24, 2.45) is 29.6 Å². The Kier molecular flexibility index (Phi) is 8.71. The van der Waals surface area contributed by atoms with E-state index in [0.717, 1.165) is 21.9 Å². The summed E-state index contributed by atoms with van der Waals surface area (Å²) >= 11 is 2.83. The Hall–Kier alpha value is -4.88. The van der Waals surface area contributed by atoms with Crippen LogP contribution in [0.25, 0.3) is 0 Å². The molecule has 8 rings (SSSR count). The number of carbonyl (C=O) groups is 4. The lowest BCUT2D eigenvalue weighted by molar-refractivity contribution is -0.123. The average molecular weight is 726 g/mol. The van der Waals surface area contributed by atoms with E-state index >= 15 is 0 Å². The third-order valence-corrected chi connectivity index (χ3v) is 13.0. The zero-order valence-electron chi connectivity index (χ0n) is 27.8. The average Bonchev–Trinajstić information content (AvgIpc) is 3.87. The molecule has 2 N–H and O–H groups in total. The van der Waals surface area contributed by atoms with Gasteiger partial charge in [-0.1, -0.05) is 35.6 Å². The van der Waals surface area contributed by atoms with Crippen molar-refractivity contribution in [3.63, 3.8) is 0 Å². The fraction of sp³-hybridized carbons (Fsp3) is 0.342. The van der Waals surface area contributed by atoms with E-state index in [1.54, 1.807) is 61.2 Å². The monoisotopic (exact) mass is 725 g/mol. The SMILES string of the molecule is CCOC(=O)c1ccc(NC(=O)COc2ccc([C@H]3c4sc(=O)[nH]c4SC4C5CC(C6C(=O)N(c7ccccc7)C(=O)C56)C43)cc2OCC)cc1. The second-order valence-electron chi connectivity index (χ2n) is 13.1. The van der Waals surface area contributed by atoms with Gasteiger partial charge in [-0.15, -0.1) is 11.8 Å². The van der Waals surface area contributed by atoms with Gasteiger partial charge in [0.1, 0.15) is 0 Å². The minimum atomic E-state index is -0.434. The highest BCUT2D eigenvalue weighted by molar-refractivity contribution is 8.00. The number of fused-ring (bicyclic) bond motifs is 9. The van der Waals surface area contributed by atoms with Crippen molar-refractivity contribution in [1.29, 1.82) is 0 Å². The Morgan fingerprint density at radius 3 is 2.35 bits per heavy atom. The number of rotatable bonds is 10. The van der Waals surface area contributed by atoms with E-state index in [4.69, 9.17) is 14.2 Å². The van der Waals surface area contributed by atoms with Gasteiger partial charge in [0.15, 0.2) is 18.1 Å². The number of benzene rings is 3. The first-order valence-electron chi connectivity index (χ1n) is 17.1. The number of hydrogen-bond donors (Lipinski definition) is 2. The van der Waals surface area contributed by atoms with Gasteiger partial charge in [-0.2, -0.15) is 0 Å². The van der Waals surface area contributed by atoms with Crippen molar-refractivity contribution in [2.45, 2.75) is 36.5 Å². The molecule has 3 aromatic carbocycles. The molecule has 3 amide bonds. The minimum absolute atomic E-state index is 0.00746. The Morgan fingerprint density at radius 1 is 0.882 bits per heavy atom. The molecule has 2 saturated carbocycles. The summed E-state index contributed by atoms with van der Waals surface area (Å²) in [5.74, 6) is -1.21. The van der Waals surface area contributed by atoms with E-state index in [0.29, 0.717) is 35.0 Å². The standard InChI is InChI=1S/C38H35N3O8S2/c1-3-47-26-16-20(12-15-25(26)49-18-27(42)39-21-13-10-19(11-14-21)37(45)48-4-2)28-29-23-17-24(32(29)50-34-33(28)51-38(46)40-34)31-30(23)35(43)41(36(31)44)22-8-6-5-7-9-22/h5-16,23-24,28-32H,3-4,17-18H2,1-2H3,(H,39,42)(H,40,46)/t23?,24?,28-,29?,30?,31?,32?/m1/s1. The number of carbonyl (C=O) groups excluding carboxylic acids is 4. The van der Waals surface area contributed by atoms with Crippen LogP contribution in [0.5, 0.6) is 11.5 Å². The second kappa shape index (κ2) is 13.3. The number of ether oxygens (including phenoxy) is 3. The molecule has 13 heteroatoms. The van der Waals surface area contributed by atoms with E-state index in [1.165, 1.54) is 16.2 Å². The third kappa shape index (κ3) is 5.72. The molecule has 51 heavy (non-hydrogen) atoms. The molecular formula is C38H35N3O8S2. The van der Waals surface area contributed by atoms with Crippen molar-refractivity contribution in [2.75, 3.05) is 30.0 Å². The van der Waals surface area contributed by atoms with Gasteiger partial charge in [-0.25, -0.2) is 4.79 Å². The highest BCUT2D eigenvalue weighted by atomic mass is 32.2. The number of nitrogens with zero attached hydrogens (tertiary/aromatic N) is 1. The van der Waals surface area contributed by atoms with Gasteiger partial charge in [0.25, 0.3) is 5.91 Å². The Balaban J connectivity index is 1.05. The zero-order chi connectivity index (χ0) is 35.4. The Morgan fingerprint density at radius 2 is 1.63 bits per heavy atom. The zero-order valence-corrected chi connectivity index (χ0v) is 29.5. The molecule has 0 spiro atoms. The lowest BCUT2D eigenvalue weighted by atomic mass is 9.68. The van der Waals surface area contributed by atoms with Crippen molar-refractivity contribution >= 4 is 58.2 Å². The molecule has 3 heterocycles. The van der Waals surface area contributed by atoms with Crippen LogP contribution in [-0.4, -0.2) is 53.7 Å². The summed E-state index contributed by atoms with van der Waals surface area (Å²) in [5, 5.41) is 3.64. The maximum absolute atomic E-state index is 14.0. The molecule has 7 atom stereocenters. The molecule has 1 aromatic heterocycles. The lowest BCUT2D eigenvalue weighted by Gasteiger charge is -2.43. The highest BCUT2D eigenvalue weighted by Gasteiger charge is 2.69. The van der Waals surface area contributed by atoms with Crippen LogP contribution in [-0.2, 0) is 19.1 Å². The molecule has 4 aliphatic rings. The van der Waals surface area contributed by atoms with Gasteiger partial charge < -0.3 is 24.5 Å². The van der Waals surface area contributed by atoms with Crippen LogP contribution in [0.2, 0.25) is 0 Å². The second-order valence-corrected chi connectivity index (χ2v) is 15.3. The number of nitrogens with one attached hydrogen (secondary N) is 2. The smallest absolute Gasteiger partial charge is 0.338 e. The van der Waals surface area contributed by atoms with Crippen LogP contribution < -0.4 is 24.6 Å². The van der Waals surface area contributed by atoms with E-state index in [1.807, 2.05) is 37.3 Å². The number of imide groups is 1. The van der Waals surface area contributed by atoms with Gasteiger partial charge in [-0.3, -0.25) is 24.1 Å². The number of aromatic amines is 1. The normalized spacial score (nSPS) is 25.6. The van der Waals surface area contributed by atoms with E-state index in [9.17, 15) is 24.0 Å². The minimum Gasteiger partial charge on any atom is -0.490 e. The molecular weight excluding hydrogens is 691 g/mol. The quantitative estimate of drug-likeness (QED) is 0.155. The number of anilines is 2. The number of thioether (sulfide) groups is 1. The predicted molar refractivity (Wildman–Crippen MR) is 192 cm³/mol. The number of H-pyrrole nitrogens is 1. The molecule has 2 aliphatic heterocycles. The first-order chi connectivity index (χ1) is 24.8. The lowest BCUT2D eigenvalue weighted by Crippen LogP contribution is -2.42. The van der Waals surface area contributed by atoms with Crippen molar-refractivity contribution < 1.29 is 33.4 Å². The number of amides is 3. The fourth-order valence-electron chi connectivity index (χ4n) is 8.57. The molecule has 2 bridgehead atoms. The van der Waals surface area contributed by atoms with E-state index in [2.05, 4.69) is 10.3 Å². The number of hydrogen-bond acceptors (Lipinski definition) is 10. The first-order valence-corrected chi connectivity index (χ1v) is 18.8. The molecule has 1 saturated heterocycles. The van der Waals surface area contributed by atoms with Gasteiger partial charge in [0.2, 0.25) is 11.8 Å². The molecule has 0 radical (unpaired) electrons. The molecule has 4 aromatic rings. The molecule has 6 unspecified atom stereocenters. The number of para-hydroxylation sites is 1.